The molecule has 2 rings (SSSR count). The van der Waals surface area contributed by atoms with E-state index in [1.807, 2.05) is 4.72 Å². The Balaban J connectivity index is 2.21. The van der Waals surface area contributed by atoms with Gasteiger partial charge >= 0.3 is 0 Å². The van der Waals surface area contributed by atoms with Crippen LogP contribution in [0.25, 0.3) is 0 Å². The van der Waals surface area contributed by atoms with E-state index in [0.29, 0.717) is 10.6 Å². The highest BCUT2D eigenvalue weighted by Gasteiger charge is 2.11. The normalized spacial score (nSPS) is 11.1. The van der Waals surface area contributed by atoms with Crippen LogP contribution in [0.15, 0.2) is 35.7 Å². The molecule has 0 unspecified atom stereocenters. The Labute approximate surface area is 119 Å². The number of carbonyl (C=O) groups is 1. The van der Waals surface area contributed by atoms with Crippen molar-refractivity contribution in [1.82, 2.24) is 0 Å². The van der Waals surface area contributed by atoms with Crippen molar-refractivity contribution >= 4 is 38.6 Å². The minimum absolute atomic E-state index is 0.212. The number of anilines is 2. The first kappa shape index (κ1) is 14.5. The van der Waals surface area contributed by atoms with Gasteiger partial charge in [0.15, 0.2) is 0 Å². The highest BCUT2D eigenvalue weighted by atomic mass is 32.2. The molecule has 8 heteroatoms. The third-order valence-electron chi connectivity index (χ3n) is 2.26. The van der Waals surface area contributed by atoms with E-state index in [-0.39, 0.29) is 11.6 Å². The number of rotatable bonds is 4. The van der Waals surface area contributed by atoms with Gasteiger partial charge in [0.05, 0.1) is 16.8 Å². The van der Waals surface area contributed by atoms with Gasteiger partial charge in [-0.2, -0.15) is 0 Å². The van der Waals surface area contributed by atoms with Crippen LogP contribution in [0.4, 0.5) is 15.8 Å². The van der Waals surface area contributed by atoms with E-state index in [1.54, 1.807) is 17.5 Å². The summed E-state index contributed by atoms with van der Waals surface area (Å²) in [5.74, 6) is -1.05. The summed E-state index contributed by atoms with van der Waals surface area (Å²) in [5.41, 5.74) is 0.0902. The van der Waals surface area contributed by atoms with E-state index in [1.165, 1.54) is 23.5 Å². The molecule has 20 heavy (non-hydrogen) atoms. The molecule has 5 nitrogen and oxygen atoms in total. The summed E-state index contributed by atoms with van der Waals surface area (Å²) in [6.45, 7) is 0. The van der Waals surface area contributed by atoms with Crippen molar-refractivity contribution < 1.29 is 17.6 Å². The molecule has 1 amide bonds. The molecule has 0 saturated heterocycles. The van der Waals surface area contributed by atoms with Gasteiger partial charge in [0.2, 0.25) is 10.0 Å². The third-order valence-corrected chi connectivity index (χ3v) is 3.72. The van der Waals surface area contributed by atoms with Crippen LogP contribution in [-0.2, 0) is 10.0 Å². The second-order valence-corrected chi connectivity index (χ2v) is 6.70. The molecule has 0 saturated carbocycles. The molecular weight excluding hydrogens is 303 g/mol. The molecule has 1 aromatic heterocycles. The zero-order chi connectivity index (χ0) is 14.8. The molecule has 0 aliphatic heterocycles. The summed E-state index contributed by atoms with van der Waals surface area (Å²) in [4.78, 5) is 12.3. The Morgan fingerprint density at radius 2 is 2.05 bits per heavy atom. The van der Waals surface area contributed by atoms with Gasteiger partial charge in [0.25, 0.3) is 5.91 Å². The standard InChI is InChI=1S/C12H11FN2O3S2/c1-20(17,18)15-10-7-8(4-5-9(10)13)14-12(16)11-3-2-6-19-11/h2-7,15H,1H3,(H,14,16). The van der Waals surface area contributed by atoms with Crippen LogP contribution < -0.4 is 10.0 Å². The number of carbonyl (C=O) groups excluding carboxylic acids is 1. The van der Waals surface area contributed by atoms with Gasteiger partial charge in [-0.15, -0.1) is 11.3 Å². The number of hydrogen-bond donors (Lipinski definition) is 2. The van der Waals surface area contributed by atoms with Gasteiger partial charge in [0, 0.05) is 5.69 Å². The second-order valence-electron chi connectivity index (χ2n) is 4.00. The van der Waals surface area contributed by atoms with Crippen LogP contribution >= 0.6 is 11.3 Å². The average molecular weight is 314 g/mol. The van der Waals surface area contributed by atoms with Gasteiger partial charge in [-0.25, -0.2) is 12.8 Å². The summed E-state index contributed by atoms with van der Waals surface area (Å²) in [7, 11) is -3.59. The van der Waals surface area contributed by atoms with E-state index in [2.05, 4.69) is 5.32 Å². The fourth-order valence-corrected chi connectivity index (χ4v) is 2.66. The predicted octanol–water partition coefficient (Wildman–Crippen LogP) is 2.51. The fraction of sp³-hybridized carbons (Fsp3) is 0.0833. The molecule has 2 aromatic rings. The van der Waals surface area contributed by atoms with E-state index in [0.717, 1.165) is 12.3 Å². The maximum absolute atomic E-state index is 13.5. The van der Waals surface area contributed by atoms with Crippen LogP contribution in [-0.4, -0.2) is 20.6 Å². The minimum atomic E-state index is -3.59. The molecule has 0 spiro atoms. The number of thiophene rings is 1. The number of sulfonamides is 1. The molecule has 1 heterocycles. The first-order valence-corrected chi connectivity index (χ1v) is 8.24. The van der Waals surface area contributed by atoms with Crippen molar-refractivity contribution in [2.75, 3.05) is 16.3 Å². The molecule has 0 radical (unpaired) electrons. The van der Waals surface area contributed by atoms with E-state index in [9.17, 15) is 17.6 Å². The van der Waals surface area contributed by atoms with Crippen molar-refractivity contribution in [3.8, 4) is 0 Å². The van der Waals surface area contributed by atoms with E-state index in [4.69, 9.17) is 0 Å². The van der Waals surface area contributed by atoms with Crippen molar-refractivity contribution in [2.45, 2.75) is 0 Å². The topological polar surface area (TPSA) is 75.3 Å². The number of halogens is 1. The number of nitrogens with one attached hydrogen (secondary N) is 2. The average Bonchev–Trinajstić information content (AvgIpc) is 2.85. The van der Waals surface area contributed by atoms with E-state index >= 15 is 0 Å². The highest BCUT2D eigenvalue weighted by molar-refractivity contribution is 7.92. The lowest BCUT2D eigenvalue weighted by Crippen LogP contribution is -2.13. The van der Waals surface area contributed by atoms with Gasteiger partial charge in [-0.3, -0.25) is 9.52 Å². The summed E-state index contributed by atoms with van der Waals surface area (Å²) in [5, 5.41) is 4.33. The van der Waals surface area contributed by atoms with Gasteiger partial charge < -0.3 is 5.32 Å². The maximum atomic E-state index is 13.5. The smallest absolute Gasteiger partial charge is 0.265 e. The van der Waals surface area contributed by atoms with Crippen LogP contribution in [0.5, 0.6) is 0 Å². The first-order chi connectivity index (χ1) is 9.35. The lowest BCUT2D eigenvalue weighted by molar-refractivity contribution is 0.103. The first-order valence-electron chi connectivity index (χ1n) is 5.47. The van der Waals surface area contributed by atoms with Gasteiger partial charge in [-0.1, -0.05) is 6.07 Å². The second kappa shape index (κ2) is 5.59. The molecule has 0 bridgehead atoms. The Morgan fingerprint density at radius 1 is 1.30 bits per heavy atom. The minimum Gasteiger partial charge on any atom is -0.321 e. The number of benzene rings is 1. The zero-order valence-corrected chi connectivity index (χ0v) is 12.0. The summed E-state index contributed by atoms with van der Waals surface area (Å²) < 4.78 is 37.7. The molecule has 2 N–H and O–H groups in total. The molecule has 0 fully saturated rings. The molecule has 1 aromatic carbocycles. The summed E-state index contributed by atoms with van der Waals surface area (Å²) >= 11 is 1.27. The number of hydrogen-bond acceptors (Lipinski definition) is 4. The largest absolute Gasteiger partial charge is 0.321 e. The Morgan fingerprint density at radius 3 is 2.65 bits per heavy atom. The monoisotopic (exact) mass is 314 g/mol. The Kier molecular flexibility index (Phi) is 4.05. The highest BCUT2D eigenvalue weighted by Crippen LogP contribution is 2.21. The Hall–Kier alpha value is -1.93. The van der Waals surface area contributed by atoms with E-state index < -0.39 is 15.8 Å². The van der Waals surface area contributed by atoms with Crippen molar-refractivity contribution in [3.05, 3.63) is 46.4 Å². The lowest BCUT2D eigenvalue weighted by Gasteiger charge is -2.09. The lowest BCUT2D eigenvalue weighted by atomic mass is 10.2. The van der Waals surface area contributed by atoms with Crippen molar-refractivity contribution in [1.29, 1.82) is 0 Å². The SMILES string of the molecule is CS(=O)(=O)Nc1cc(NC(=O)c2cccs2)ccc1F. The number of amides is 1. The molecule has 0 aliphatic carbocycles. The Bertz CT molecular complexity index is 727. The quantitative estimate of drug-likeness (QED) is 0.910. The zero-order valence-electron chi connectivity index (χ0n) is 10.4. The van der Waals surface area contributed by atoms with Crippen molar-refractivity contribution in [3.63, 3.8) is 0 Å². The van der Waals surface area contributed by atoms with Crippen LogP contribution in [0.3, 0.4) is 0 Å². The molecule has 0 aliphatic rings. The van der Waals surface area contributed by atoms with Crippen LogP contribution in [0.1, 0.15) is 9.67 Å². The fourth-order valence-electron chi connectivity index (χ4n) is 1.48. The van der Waals surface area contributed by atoms with Gasteiger partial charge in [0.1, 0.15) is 5.82 Å². The molecular formula is C12H11FN2O3S2. The van der Waals surface area contributed by atoms with Crippen molar-refractivity contribution in [2.24, 2.45) is 0 Å². The third kappa shape index (κ3) is 3.78. The molecule has 106 valence electrons. The predicted molar refractivity (Wildman–Crippen MR) is 77.1 cm³/mol. The summed E-state index contributed by atoms with van der Waals surface area (Å²) in [6, 6.07) is 7.05. The molecule has 0 atom stereocenters. The maximum Gasteiger partial charge on any atom is 0.265 e. The van der Waals surface area contributed by atoms with Crippen LogP contribution in [0, 0.1) is 5.82 Å². The van der Waals surface area contributed by atoms with Gasteiger partial charge in [-0.05, 0) is 29.6 Å². The van der Waals surface area contributed by atoms with Crippen LogP contribution in [0.2, 0.25) is 0 Å². The summed E-state index contributed by atoms with van der Waals surface area (Å²) in [6.07, 6.45) is 0.920.